The Bertz CT molecular complexity index is 954. The van der Waals surface area contributed by atoms with Gasteiger partial charge in [0.25, 0.3) is 0 Å². The molecule has 1 heterocycles. The monoisotopic (exact) mass is 433 g/mol. The minimum absolute atomic E-state index is 0.0489. The number of hydrogen-bond donors (Lipinski definition) is 1. The van der Waals surface area contributed by atoms with Crippen molar-refractivity contribution in [2.75, 3.05) is 30.9 Å². The maximum atomic E-state index is 13.1. The summed E-state index contributed by atoms with van der Waals surface area (Å²) in [5.74, 6) is -0.144. The van der Waals surface area contributed by atoms with Crippen molar-refractivity contribution in [3.8, 4) is 11.5 Å². The molecule has 0 aliphatic carbocycles. The van der Waals surface area contributed by atoms with Crippen molar-refractivity contribution in [1.82, 2.24) is 4.90 Å². The molecule has 0 bridgehead atoms. The number of amides is 2. The number of benzene rings is 2. The van der Waals surface area contributed by atoms with E-state index in [0.29, 0.717) is 17.9 Å². The zero-order valence-electron chi connectivity index (χ0n) is 17.6. The molecule has 2 aromatic carbocycles. The van der Waals surface area contributed by atoms with Crippen LogP contribution in [0.4, 0.5) is 20.2 Å². The number of nitrogens with one attached hydrogen (secondary N) is 1. The van der Waals surface area contributed by atoms with E-state index in [9.17, 15) is 18.4 Å². The summed E-state index contributed by atoms with van der Waals surface area (Å²) in [6.45, 7) is -0.616. The van der Waals surface area contributed by atoms with Crippen LogP contribution >= 0.6 is 0 Å². The number of anilines is 2. The third-order valence-corrected chi connectivity index (χ3v) is 4.93. The summed E-state index contributed by atoms with van der Waals surface area (Å²) in [7, 11) is 3.16. The fourth-order valence-electron chi connectivity index (χ4n) is 3.65. The van der Waals surface area contributed by atoms with Gasteiger partial charge in [-0.3, -0.25) is 14.5 Å². The number of halogens is 2. The predicted octanol–water partition coefficient (Wildman–Crippen LogP) is 3.49. The Kier molecular flexibility index (Phi) is 7.06. The molecule has 3 rings (SSSR count). The van der Waals surface area contributed by atoms with Gasteiger partial charge in [-0.1, -0.05) is 18.2 Å². The van der Waals surface area contributed by atoms with E-state index in [2.05, 4.69) is 10.1 Å². The van der Waals surface area contributed by atoms with Gasteiger partial charge in [-0.15, -0.1) is 0 Å². The van der Waals surface area contributed by atoms with Crippen LogP contribution in [0.25, 0.3) is 0 Å². The number of para-hydroxylation sites is 2. The summed E-state index contributed by atoms with van der Waals surface area (Å²) < 4.78 is 34.6. The maximum absolute atomic E-state index is 13.1. The molecule has 1 N–H and O–H groups in total. The van der Waals surface area contributed by atoms with Gasteiger partial charge in [-0.2, -0.15) is 8.78 Å². The molecule has 2 amide bonds. The summed E-state index contributed by atoms with van der Waals surface area (Å²) >= 11 is 0. The standard InChI is InChI=1S/C22H25F2N3O4/c1-14-10-20(28)25-16-6-4-5-7-17(16)27(14)21(29)13-26(2)12-15-8-9-18(31-22(23)24)19(11-15)30-3/h4-9,11,14,22H,10,12-13H2,1-3H3,(H,25,28)/t14-/m0/s1. The lowest BCUT2D eigenvalue weighted by molar-refractivity contribution is -0.120. The van der Waals surface area contributed by atoms with E-state index in [0.717, 1.165) is 5.56 Å². The Morgan fingerprint density at radius 2 is 2.00 bits per heavy atom. The molecular formula is C22H25F2N3O4. The lowest BCUT2D eigenvalue weighted by atomic mass is 10.1. The van der Waals surface area contributed by atoms with Gasteiger partial charge in [-0.25, -0.2) is 0 Å². The minimum Gasteiger partial charge on any atom is -0.493 e. The lowest BCUT2D eigenvalue weighted by Crippen LogP contribution is -2.44. The van der Waals surface area contributed by atoms with E-state index in [1.807, 2.05) is 19.1 Å². The van der Waals surface area contributed by atoms with E-state index in [4.69, 9.17) is 4.74 Å². The number of rotatable bonds is 7. The minimum atomic E-state index is -2.94. The first-order valence-corrected chi connectivity index (χ1v) is 9.79. The van der Waals surface area contributed by atoms with Gasteiger partial charge >= 0.3 is 6.61 Å². The average Bonchev–Trinajstić information content (AvgIpc) is 2.82. The summed E-state index contributed by atoms with van der Waals surface area (Å²) in [6.07, 6.45) is 0.201. The first-order valence-electron chi connectivity index (χ1n) is 9.79. The molecule has 0 saturated carbocycles. The molecule has 166 valence electrons. The highest BCUT2D eigenvalue weighted by molar-refractivity contribution is 6.04. The fourth-order valence-corrected chi connectivity index (χ4v) is 3.65. The number of alkyl halides is 2. The van der Waals surface area contributed by atoms with Crippen LogP contribution in [-0.4, -0.2) is 50.1 Å². The summed E-state index contributed by atoms with van der Waals surface area (Å²) in [6, 6.07) is 11.6. The van der Waals surface area contributed by atoms with Crippen LogP contribution in [-0.2, 0) is 16.1 Å². The van der Waals surface area contributed by atoms with Gasteiger partial charge in [0.1, 0.15) is 0 Å². The van der Waals surface area contributed by atoms with Crippen LogP contribution in [0.2, 0.25) is 0 Å². The van der Waals surface area contributed by atoms with Crippen molar-refractivity contribution < 1.29 is 27.8 Å². The number of fused-ring (bicyclic) bond motifs is 1. The molecule has 0 aromatic heterocycles. The van der Waals surface area contributed by atoms with Crippen LogP contribution in [0.15, 0.2) is 42.5 Å². The van der Waals surface area contributed by atoms with E-state index in [1.54, 1.807) is 41.1 Å². The van der Waals surface area contributed by atoms with Crippen molar-refractivity contribution in [2.45, 2.75) is 32.5 Å². The number of nitrogens with zero attached hydrogens (tertiary/aromatic N) is 2. The number of hydrogen-bond acceptors (Lipinski definition) is 5. The molecule has 7 nitrogen and oxygen atoms in total. The zero-order valence-corrected chi connectivity index (χ0v) is 17.6. The van der Waals surface area contributed by atoms with Crippen LogP contribution in [0.1, 0.15) is 18.9 Å². The number of ether oxygens (including phenoxy) is 2. The normalized spacial score (nSPS) is 16.0. The molecule has 0 saturated heterocycles. The summed E-state index contributed by atoms with van der Waals surface area (Å²) in [5, 5.41) is 2.84. The molecule has 1 atom stereocenters. The lowest BCUT2D eigenvalue weighted by Gasteiger charge is -2.29. The number of likely N-dealkylation sites (N-methyl/N-ethyl adjacent to an activating group) is 1. The van der Waals surface area contributed by atoms with E-state index >= 15 is 0 Å². The smallest absolute Gasteiger partial charge is 0.387 e. The highest BCUT2D eigenvalue weighted by Gasteiger charge is 2.29. The van der Waals surface area contributed by atoms with Gasteiger partial charge in [0, 0.05) is 19.0 Å². The Morgan fingerprint density at radius 3 is 2.71 bits per heavy atom. The second kappa shape index (κ2) is 9.74. The van der Waals surface area contributed by atoms with Gasteiger partial charge in [-0.05, 0) is 43.8 Å². The maximum Gasteiger partial charge on any atom is 0.387 e. The molecule has 2 aromatic rings. The molecule has 0 radical (unpaired) electrons. The molecule has 31 heavy (non-hydrogen) atoms. The second-order valence-electron chi connectivity index (χ2n) is 7.42. The Morgan fingerprint density at radius 1 is 1.26 bits per heavy atom. The van der Waals surface area contributed by atoms with Crippen molar-refractivity contribution >= 4 is 23.2 Å². The Hall–Kier alpha value is -3.20. The van der Waals surface area contributed by atoms with Crippen molar-refractivity contribution in [3.05, 3.63) is 48.0 Å². The van der Waals surface area contributed by atoms with Gasteiger partial charge in [0.2, 0.25) is 11.8 Å². The topological polar surface area (TPSA) is 71.1 Å². The van der Waals surface area contributed by atoms with Crippen LogP contribution < -0.4 is 19.7 Å². The van der Waals surface area contributed by atoms with Gasteiger partial charge < -0.3 is 19.7 Å². The molecule has 0 fully saturated rings. The Balaban J connectivity index is 1.72. The molecule has 1 aliphatic heterocycles. The van der Waals surface area contributed by atoms with Gasteiger partial charge in [0.05, 0.1) is 25.0 Å². The zero-order chi connectivity index (χ0) is 22.5. The third kappa shape index (κ3) is 5.49. The largest absolute Gasteiger partial charge is 0.493 e. The Labute approximate surface area is 179 Å². The van der Waals surface area contributed by atoms with Crippen molar-refractivity contribution in [1.29, 1.82) is 0 Å². The number of methoxy groups -OCH3 is 1. The average molecular weight is 433 g/mol. The highest BCUT2D eigenvalue weighted by atomic mass is 19.3. The van der Waals surface area contributed by atoms with Crippen molar-refractivity contribution in [2.24, 2.45) is 0 Å². The van der Waals surface area contributed by atoms with Gasteiger partial charge in [0.15, 0.2) is 11.5 Å². The van der Waals surface area contributed by atoms with E-state index in [-0.39, 0.29) is 42.3 Å². The summed E-state index contributed by atoms with van der Waals surface area (Å²) in [5.41, 5.74) is 2.04. The fraction of sp³-hybridized carbons (Fsp3) is 0.364. The first kappa shape index (κ1) is 22.5. The molecule has 0 unspecified atom stereocenters. The number of carbonyl (C=O) groups excluding carboxylic acids is 2. The molecule has 0 spiro atoms. The van der Waals surface area contributed by atoms with E-state index in [1.165, 1.54) is 13.2 Å². The first-order chi connectivity index (χ1) is 14.8. The van der Waals surface area contributed by atoms with Crippen LogP contribution in [0, 0.1) is 0 Å². The van der Waals surface area contributed by atoms with Crippen molar-refractivity contribution in [3.63, 3.8) is 0 Å². The number of carbonyl (C=O) groups is 2. The summed E-state index contributed by atoms with van der Waals surface area (Å²) in [4.78, 5) is 28.7. The highest BCUT2D eigenvalue weighted by Crippen LogP contribution is 2.32. The van der Waals surface area contributed by atoms with Crippen LogP contribution in [0.5, 0.6) is 11.5 Å². The predicted molar refractivity (Wildman–Crippen MR) is 113 cm³/mol. The molecule has 9 heteroatoms. The molecule has 1 aliphatic rings. The quantitative estimate of drug-likeness (QED) is 0.724. The second-order valence-corrected chi connectivity index (χ2v) is 7.42. The van der Waals surface area contributed by atoms with Crippen LogP contribution in [0.3, 0.4) is 0 Å². The van der Waals surface area contributed by atoms with E-state index < -0.39 is 6.61 Å². The molecular weight excluding hydrogens is 408 g/mol. The SMILES string of the molecule is COc1cc(CN(C)CC(=O)N2c3ccccc3NC(=O)C[C@@H]2C)ccc1OC(F)F. The third-order valence-electron chi connectivity index (χ3n) is 4.93.